The van der Waals surface area contributed by atoms with Crippen LogP contribution in [0.3, 0.4) is 0 Å². The summed E-state index contributed by atoms with van der Waals surface area (Å²) in [7, 11) is 1.37. The number of hydrogen-bond donors (Lipinski definition) is 0. The molecular formula is C11H11FINO2. The molecule has 0 aromatic heterocycles. The molecule has 2 rings (SSSR count). The summed E-state index contributed by atoms with van der Waals surface area (Å²) in [6.45, 7) is 0.717. The lowest BCUT2D eigenvalue weighted by Gasteiger charge is -2.09. The summed E-state index contributed by atoms with van der Waals surface area (Å²) in [5.41, 5.74) is 1.87. The van der Waals surface area contributed by atoms with Crippen LogP contribution in [0.2, 0.25) is 0 Å². The summed E-state index contributed by atoms with van der Waals surface area (Å²) < 4.78 is 19.8. The molecule has 86 valence electrons. The number of hydrogen-bond acceptors (Lipinski definition) is 3. The Kier molecular flexibility index (Phi) is 3.32. The van der Waals surface area contributed by atoms with Gasteiger partial charge in [-0.25, -0.2) is 4.39 Å². The first-order chi connectivity index (χ1) is 7.61. The summed E-state index contributed by atoms with van der Waals surface area (Å²) in [4.78, 5) is 11.2. The van der Waals surface area contributed by atoms with Gasteiger partial charge in [-0.05, 0) is 23.8 Å². The Morgan fingerprint density at radius 1 is 1.69 bits per heavy atom. The molecule has 5 heteroatoms. The Bertz CT molecular complexity index is 424. The summed E-state index contributed by atoms with van der Waals surface area (Å²) in [6.07, 6.45) is 0.298. The van der Waals surface area contributed by atoms with Crippen LogP contribution < -0.4 is 3.11 Å². The van der Waals surface area contributed by atoms with Gasteiger partial charge in [-0.2, -0.15) is 0 Å². The van der Waals surface area contributed by atoms with Crippen LogP contribution in [0.4, 0.5) is 10.1 Å². The zero-order valence-electron chi connectivity index (χ0n) is 8.74. The lowest BCUT2D eigenvalue weighted by molar-refractivity contribution is -0.140. The number of halogens is 2. The third kappa shape index (κ3) is 2.14. The number of fused-ring (bicyclic) bond motifs is 1. The molecule has 1 aromatic carbocycles. The van der Waals surface area contributed by atoms with Gasteiger partial charge in [0.1, 0.15) is 5.82 Å². The lowest BCUT2D eigenvalue weighted by atomic mass is 9.98. The van der Waals surface area contributed by atoms with Crippen LogP contribution in [0.1, 0.15) is 17.9 Å². The van der Waals surface area contributed by atoms with Gasteiger partial charge in [0.2, 0.25) is 0 Å². The minimum atomic E-state index is -0.264. The van der Waals surface area contributed by atoms with E-state index in [0.717, 1.165) is 11.3 Å². The van der Waals surface area contributed by atoms with Gasteiger partial charge < -0.3 is 7.85 Å². The van der Waals surface area contributed by atoms with Crippen molar-refractivity contribution in [2.75, 3.05) is 16.8 Å². The van der Waals surface area contributed by atoms with Crippen molar-refractivity contribution in [1.29, 1.82) is 0 Å². The molecule has 1 heterocycles. The van der Waals surface area contributed by atoms with Crippen LogP contribution >= 0.6 is 22.9 Å². The number of ether oxygens (including phenoxy) is 1. The van der Waals surface area contributed by atoms with Crippen molar-refractivity contribution in [3.05, 3.63) is 29.6 Å². The van der Waals surface area contributed by atoms with Crippen LogP contribution in [-0.2, 0) is 9.53 Å². The molecule has 0 saturated heterocycles. The Morgan fingerprint density at radius 3 is 3.12 bits per heavy atom. The van der Waals surface area contributed by atoms with E-state index in [9.17, 15) is 9.18 Å². The maximum Gasteiger partial charge on any atom is 0.306 e. The van der Waals surface area contributed by atoms with Gasteiger partial charge in [0.15, 0.2) is 0 Å². The van der Waals surface area contributed by atoms with Crippen LogP contribution in [0.15, 0.2) is 18.2 Å². The molecule has 1 atom stereocenters. The van der Waals surface area contributed by atoms with E-state index >= 15 is 0 Å². The Hall–Kier alpha value is -0.850. The number of nitrogens with zero attached hydrogens (tertiary/aromatic N) is 1. The fourth-order valence-corrected chi connectivity index (χ4v) is 2.84. The summed E-state index contributed by atoms with van der Waals surface area (Å²) in [6, 6.07) is 4.68. The molecule has 1 unspecified atom stereocenters. The number of anilines is 1. The summed E-state index contributed by atoms with van der Waals surface area (Å²) in [5, 5.41) is 0. The fraction of sp³-hybridized carbons (Fsp3) is 0.364. The predicted octanol–water partition coefficient (Wildman–Crippen LogP) is 2.64. The Morgan fingerprint density at radius 2 is 2.44 bits per heavy atom. The average molecular weight is 335 g/mol. The van der Waals surface area contributed by atoms with Gasteiger partial charge in [0, 0.05) is 18.2 Å². The zero-order chi connectivity index (χ0) is 11.7. The van der Waals surface area contributed by atoms with Crippen LogP contribution in [0, 0.1) is 5.82 Å². The molecule has 1 aromatic rings. The molecule has 0 saturated carbocycles. The smallest absolute Gasteiger partial charge is 0.306 e. The largest absolute Gasteiger partial charge is 0.469 e. The van der Waals surface area contributed by atoms with Crippen molar-refractivity contribution >= 4 is 34.5 Å². The molecule has 16 heavy (non-hydrogen) atoms. The third-order valence-corrected chi connectivity index (χ3v) is 3.63. The van der Waals surface area contributed by atoms with Gasteiger partial charge >= 0.3 is 5.97 Å². The monoisotopic (exact) mass is 335 g/mol. The van der Waals surface area contributed by atoms with Crippen molar-refractivity contribution in [3.63, 3.8) is 0 Å². The molecular weight excluding hydrogens is 324 g/mol. The molecule has 0 aliphatic carbocycles. The second-order valence-electron chi connectivity index (χ2n) is 3.73. The van der Waals surface area contributed by atoms with Gasteiger partial charge in [0.05, 0.1) is 36.4 Å². The minimum absolute atomic E-state index is 0.0232. The molecule has 0 spiro atoms. The van der Waals surface area contributed by atoms with Crippen molar-refractivity contribution < 1.29 is 13.9 Å². The van der Waals surface area contributed by atoms with E-state index in [4.69, 9.17) is 0 Å². The van der Waals surface area contributed by atoms with Crippen molar-refractivity contribution in [2.45, 2.75) is 12.3 Å². The van der Waals surface area contributed by atoms with E-state index in [1.54, 1.807) is 6.07 Å². The summed E-state index contributed by atoms with van der Waals surface area (Å²) in [5.74, 6) is -0.498. The highest BCUT2D eigenvalue weighted by atomic mass is 127. The van der Waals surface area contributed by atoms with Gasteiger partial charge in [-0.15, -0.1) is 0 Å². The third-order valence-electron chi connectivity index (χ3n) is 2.71. The molecule has 0 amide bonds. The number of benzene rings is 1. The van der Waals surface area contributed by atoms with E-state index in [1.807, 2.05) is 3.11 Å². The van der Waals surface area contributed by atoms with Gasteiger partial charge in [-0.3, -0.25) is 4.79 Å². The lowest BCUT2D eigenvalue weighted by Crippen LogP contribution is -2.13. The molecule has 1 aliphatic rings. The first kappa shape index (κ1) is 11.6. The molecule has 0 fully saturated rings. The number of esters is 1. The van der Waals surface area contributed by atoms with Crippen LogP contribution in [0.5, 0.6) is 0 Å². The second-order valence-corrected chi connectivity index (χ2v) is 4.89. The number of carbonyl (C=O) groups excluding carboxylic acids is 1. The fourth-order valence-electron chi connectivity index (χ4n) is 1.92. The van der Waals surface area contributed by atoms with Crippen LogP contribution in [-0.4, -0.2) is 19.6 Å². The topological polar surface area (TPSA) is 29.5 Å². The number of carbonyl (C=O) groups is 1. The first-order valence-electron chi connectivity index (χ1n) is 4.91. The molecule has 0 radical (unpaired) electrons. The molecule has 0 bridgehead atoms. The zero-order valence-corrected chi connectivity index (χ0v) is 10.9. The van der Waals surface area contributed by atoms with E-state index < -0.39 is 0 Å². The second kappa shape index (κ2) is 4.57. The first-order valence-corrected chi connectivity index (χ1v) is 5.88. The maximum atomic E-state index is 13.1. The number of methoxy groups -OCH3 is 1. The molecule has 0 N–H and O–H groups in total. The number of rotatable bonds is 2. The Labute approximate surface area is 107 Å². The van der Waals surface area contributed by atoms with E-state index in [0.29, 0.717) is 13.0 Å². The van der Waals surface area contributed by atoms with Crippen molar-refractivity contribution in [2.24, 2.45) is 0 Å². The van der Waals surface area contributed by atoms with Crippen LogP contribution in [0.25, 0.3) is 0 Å². The quantitative estimate of drug-likeness (QED) is 0.473. The van der Waals surface area contributed by atoms with Gasteiger partial charge in [-0.1, -0.05) is 0 Å². The average Bonchev–Trinajstić information content (AvgIpc) is 2.55. The highest BCUT2D eigenvalue weighted by Crippen LogP contribution is 2.40. The van der Waals surface area contributed by atoms with Crippen molar-refractivity contribution in [1.82, 2.24) is 0 Å². The molecule has 3 nitrogen and oxygen atoms in total. The maximum absolute atomic E-state index is 13.1. The minimum Gasteiger partial charge on any atom is -0.469 e. The highest BCUT2D eigenvalue weighted by Gasteiger charge is 2.29. The molecule has 1 aliphatic heterocycles. The summed E-state index contributed by atoms with van der Waals surface area (Å²) >= 11 is 2.17. The van der Waals surface area contributed by atoms with Gasteiger partial charge in [0.25, 0.3) is 0 Å². The highest BCUT2D eigenvalue weighted by molar-refractivity contribution is 14.1. The van der Waals surface area contributed by atoms with E-state index in [2.05, 4.69) is 27.6 Å². The van der Waals surface area contributed by atoms with E-state index in [1.165, 1.54) is 19.2 Å². The normalized spacial score (nSPS) is 18.4. The predicted molar refractivity (Wildman–Crippen MR) is 67.1 cm³/mol. The van der Waals surface area contributed by atoms with Crippen molar-refractivity contribution in [3.8, 4) is 0 Å². The Balaban J connectivity index is 2.27. The van der Waals surface area contributed by atoms with E-state index in [-0.39, 0.29) is 17.7 Å². The standard InChI is InChI=1S/C11H11FINO2/c1-16-11(15)4-7-6-14(13)10-3-2-8(12)5-9(7)10/h2-3,5,7H,4,6H2,1H3. The SMILES string of the molecule is COC(=O)CC1CN(I)c2ccc(F)cc21.